The SMILES string of the molecule is Cc1cc(O[C@@H](C)C(=O)N2CCN(C)CC2)ccc1Cl. The lowest BCUT2D eigenvalue weighted by atomic mass is 10.2. The second-order valence-electron chi connectivity index (χ2n) is 5.30. The van der Waals surface area contributed by atoms with Crippen molar-refractivity contribution in [3.05, 3.63) is 28.8 Å². The summed E-state index contributed by atoms with van der Waals surface area (Å²) in [5, 5.41) is 0.704. The standard InChI is InChI=1S/C15H21ClN2O2/c1-11-10-13(4-5-14(11)16)20-12(2)15(19)18-8-6-17(3)7-9-18/h4-5,10,12H,6-9H2,1-3H3/t12-/m0/s1. The lowest BCUT2D eigenvalue weighted by molar-refractivity contribution is -0.139. The molecular formula is C15H21ClN2O2. The van der Waals surface area contributed by atoms with Crippen molar-refractivity contribution in [1.29, 1.82) is 0 Å². The third-order valence-electron chi connectivity index (χ3n) is 3.60. The molecule has 0 aliphatic carbocycles. The number of likely N-dealkylation sites (N-methyl/N-ethyl adjacent to an activating group) is 1. The summed E-state index contributed by atoms with van der Waals surface area (Å²) in [4.78, 5) is 16.4. The van der Waals surface area contributed by atoms with Gasteiger partial charge in [0.15, 0.2) is 6.10 Å². The van der Waals surface area contributed by atoms with E-state index >= 15 is 0 Å². The number of aryl methyl sites for hydroxylation is 1. The third kappa shape index (κ3) is 3.64. The maximum atomic E-state index is 12.3. The Morgan fingerprint density at radius 3 is 2.55 bits per heavy atom. The first-order valence-electron chi connectivity index (χ1n) is 6.87. The molecule has 4 nitrogen and oxygen atoms in total. The molecule has 0 saturated carbocycles. The van der Waals surface area contributed by atoms with E-state index < -0.39 is 6.10 Å². The number of amides is 1. The van der Waals surface area contributed by atoms with Crippen molar-refractivity contribution in [2.45, 2.75) is 20.0 Å². The van der Waals surface area contributed by atoms with Gasteiger partial charge in [-0.3, -0.25) is 4.79 Å². The van der Waals surface area contributed by atoms with Crippen LogP contribution in [-0.4, -0.2) is 55.0 Å². The molecular weight excluding hydrogens is 276 g/mol. The second kappa shape index (κ2) is 6.46. The van der Waals surface area contributed by atoms with Crippen LogP contribution in [0.3, 0.4) is 0 Å². The van der Waals surface area contributed by atoms with Gasteiger partial charge in [0.1, 0.15) is 5.75 Å². The molecule has 1 aromatic carbocycles. The van der Waals surface area contributed by atoms with Crippen LogP contribution in [0, 0.1) is 6.92 Å². The van der Waals surface area contributed by atoms with Gasteiger partial charge < -0.3 is 14.5 Å². The third-order valence-corrected chi connectivity index (χ3v) is 4.03. The predicted octanol–water partition coefficient (Wildman–Crippen LogP) is 2.19. The topological polar surface area (TPSA) is 32.8 Å². The summed E-state index contributed by atoms with van der Waals surface area (Å²) in [6.07, 6.45) is -0.473. The average Bonchev–Trinajstić information content (AvgIpc) is 2.43. The first-order valence-corrected chi connectivity index (χ1v) is 7.25. The van der Waals surface area contributed by atoms with Gasteiger partial charge in [0.2, 0.25) is 0 Å². The van der Waals surface area contributed by atoms with Crippen molar-refractivity contribution in [2.24, 2.45) is 0 Å². The Balaban J connectivity index is 1.95. The lowest BCUT2D eigenvalue weighted by Crippen LogP contribution is -2.50. The number of halogens is 1. The van der Waals surface area contributed by atoms with Crippen molar-refractivity contribution in [2.75, 3.05) is 33.2 Å². The summed E-state index contributed by atoms with van der Waals surface area (Å²) in [6.45, 7) is 7.08. The van der Waals surface area contributed by atoms with Gasteiger partial charge >= 0.3 is 0 Å². The number of piperazine rings is 1. The Hall–Kier alpha value is -1.26. The predicted molar refractivity (Wildman–Crippen MR) is 80.4 cm³/mol. The molecule has 0 aromatic heterocycles. The van der Waals surface area contributed by atoms with E-state index in [1.807, 2.05) is 17.9 Å². The Labute approximate surface area is 125 Å². The molecule has 1 aromatic rings. The van der Waals surface area contributed by atoms with Crippen molar-refractivity contribution < 1.29 is 9.53 Å². The summed E-state index contributed by atoms with van der Waals surface area (Å²) in [7, 11) is 2.07. The van der Waals surface area contributed by atoms with Gasteiger partial charge in [0.05, 0.1) is 0 Å². The van der Waals surface area contributed by atoms with E-state index in [0.717, 1.165) is 31.7 Å². The molecule has 1 amide bonds. The fourth-order valence-corrected chi connectivity index (χ4v) is 2.35. The minimum absolute atomic E-state index is 0.0469. The molecule has 110 valence electrons. The maximum absolute atomic E-state index is 12.3. The second-order valence-corrected chi connectivity index (χ2v) is 5.71. The zero-order valence-electron chi connectivity index (χ0n) is 12.2. The van der Waals surface area contributed by atoms with Crippen LogP contribution in [0.4, 0.5) is 0 Å². The highest BCUT2D eigenvalue weighted by Crippen LogP contribution is 2.22. The molecule has 1 atom stereocenters. The Morgan fingerprint density at radius 2 is 1.95 bits per heavy atom. The Bertz CT molecular complexity index is 485. The van der Waals surface area contributed by atoms with Crippen LogP contribution in [0.15, 0.2) is 18.2 Å². The van der Waals surface area contributed by atoms with Crippen LogP contribution < -0.4 is 4.74 Å². The smallest absolute Gasteiger partial charge is 0.263 e. The van der Waals surface area contributed by atoms with Crippen LogP contribution in [0.25, 0.3) is 0 Å². The quantitative estimate of drug-likeness (QED) is 0.857. The van der Waals surface area contributed by atoms with Crippen LogP contribution in [-0.2, 0) is 4.79 Å². The molecule has 0 unspecified atom stereocenters. The lowest BCUT2D eigenvalue weighted by Gasteiger charge is -2.33. The molecule has 1 aliphatic heterocycles. The zero-order chi connectivity index (χ0) is 14.7. The molecule has 0 bridgehead atoms. The number of hydrogen-bond donors (Lipinski definition) is 0. The molecule has 1 heterocycles. The van der Waals surface area contributed by atoms with E-state index in [1.165, 1.54) is 0 Å². The number of ether oxygens (including phenoxy) is 1. The van der Waals surface area contributed by atoms with Crippen LogP contribution in [0.2, 0.25) is 5.02 Å². The van der Waals surface area contributed by atoms with Gasteiger partial charge in [-0.25, -0.2) is 0 Å². The van der Waals surface area contributed by atoms with E-state index in [-0.39, 0.29) is 5.91 Å². The van der Waals surface area contributed by atoms with Crippen LogP contribution in [0.1, 0.15) is 12.5 Å². The van der Waals surface area contributed by atoms with Gasteiger partial charge in [-0.15, -0.1) is 0 Å². The fourth-order valence-electron chi connectivity index (χ4n) is 2.23. The Kier molecular flexibility index (Phi) is 4.89. The van der Waals surface area contributed by atoms with E-state index in [0.29, 0.717) is 10.8 Å². The summed E-state index contributed by atoms with van der Waals surface area (Å²) >= 11 is 5.98. The van der Waals surface area contributed by atoms with Gasteiger partial charge in [-0.05, 0) is 44.7 Å². The largest absolute Gasteiger partial charge is 0.481 e. The maximum Gasteiger partial charge on any atom is 0.263 e. The highest BCUT2D eigenvalue weighted by Gasteiger charge is 2.24. The molecule has 1 aliphatic rings. The van der Waals surface area contributed by atoms with Gasteiger partial charge in [-0.1, -0.05) is 11.6 Å². The van der Waals surface area contributed by atoms with E-state index in [9.17, 15) is 4.79 Å². The molecule has 0 radical (unpaired) electrons. The Morgan fingerprint density at radius 1 is 1.30 bits per heavy atom. The van der Waals surface area contributed by atoms with E-state index in [2.05, 4.69) is 11.9 Å². The molecule has 5 heteroatoms. The molecule has 0 spiro atoms. The number of carbonyl (C=O) groups is 1. The monoisotopic (exact) mass is 296 g/mol. The van der Waals surface area contributed by atoms with Crippen molar-refractivity contribution in [1.82, 2.24) is 9.80 Å². The highest BCUT2D eigenvalue weighted by atomic mass is 35.5. The van der Waals surface area contributed by atoms with E-state index in [4.69, 9.17) is 16.3 Å². The molecule has 0 N–H and O–H groups in total. The average molecular weight is 297 g/mol. The first kappa shape index (κ1) is 15.1. The van der Waals surface area contributed by atoms with Gasteiger partial charge in [-0.2, -0.15) is 0 Å². The number of nitrogens with zero attached hydrogens (tertiary/aromatic N) is 2. The molecule has 20 heavy (non-hydrogen) atoms. The summed E-state index contributed by atoms with van der Waals surface area (Å²) in [6, 6.07) is 5.44. The van der Waals surface area contributed by atoms with Crippen molar-refractivity contribution in [3.63, 3.8) is 0 Å². The summed E-state index contributed by atoms with van der Waals surface area (Å²) in [5.41, 5.74) is 0.948. The highest BCUT2D eigenvalue weighted by molar-refractivity contribution is 6.31. The number of rotatable bonds is 3. The minimum Gasteiger partial charge on any atom is -0.481 e. The normalized spacial score (nSPS) is 17.9. The molecule has 2 rings (SSSR count). The number of hydrogen-bond acceptors (Lipinski definition) is 3. The molecule has 1 saturated heterocycles. The van der Waals surface area contributed by atoms with Crippen LogP contribution in [0.5, 0.6) is 5.75 Å². The molecule has 1 fully saturated rings. The van der Waals surface area contributed by atoms with Gasteiger partial charge in [0.25, 0.3) is 5.91 Å². The fraction of sp³-hybridized carbons (Fsp3) is 0.533. The number of benzene rings is 1. The first-order chi connectivity index (χ1) is 9.47. The zero-order valence-corrected chi connectivity index (χ0v) is 13.0. The summed E-state index contributed by atoms with van der Waals surface area (Å²) in [5.74, 6) is 0.729. The van der Waals surface area contributed by atoms with Crippen LogP contribution >= 0.6 is 11.6 Å². The van der Waals surface area contributed by atoms with Gasteiger partial charge in [0, 0.05) is 31.2 Å². The number of carbonyl (C=O) groups excluding carboxylic acids is 1. The van der Waals surface area contributed by atoms with Crippen molar-refractivity contribution in [3.8, 4) is 5.75 Å². The van der Waals surface area contributed by atoms with E-state index in [1.54, 1.807) is 19.1 Å². The minimum atomic E-state index is -0.473. The van der Waals surface area contributed by atoms with Crippen molar-refractivity contribution >= 4 is 17.5 Å². The summed E-state index contributed by atoms with van der Waals surface area (Å²) < 4.78 is 5.73.